The van der Waals surface area contributed by atoms with E-state index in [1.54, 1.807) is 18.0 Å². The lowest BCUT2D eigenvalue weighted by Crippen LogP contribution is -2.43. The molecule has 2 atom stereocenters. The highest BCUT2D eigenvalue weighted by molar-refractivity contribution is 5.98. The zero-order valence-electron chi connectivity index (χ0n) is 14.4. The second-order valence-corrected chi connectivity index (χ2v) is 6.26. The average molecular weight is 342 g/mol. The van der Waals surface area contributed by atoms with Crippen LogP contribution in [0.25, 0.3) is 0 Å². The zero-order chi connectivity index (χ0) is 18.0. The van der Waals surface area contributed by atoms with Crippen LogP contribution in [0, 0.1) is 6.92 Å². The van der Waals surface area contributed by atoms with Crippen molar-refractivity contribution in [1.82, 2.24) is 14.7 Å². The van der Waals surface area contributed by atoms with E-state index in [-0.39, 0.29) is 12.0 Å². The van der Waals surface area contributed by atoms with Crippen molar-refractivity contribution in [1.29, 1.82) is 0 Å². The van der Waals surface area contributed by atoms with Crippen molar-refractivity contribution in [3.63, 3.8) is 0 Å². The summed E-state index contributed by atoms with van der Waals surface area (Å²) in [4.78, 5) is 26.1. The smallest absolute Gasteiger partial charge is 0.258 e. The van der Waals surface area contributed by atoms with Crippen molar-refractivity contribution in [2.24, 2.45) is 5.73 Å². The molecule has 1 aromatic carbocycles. The number of methoxy groups -OCH3 is 1. The van der Waals surface area contributed by atoms with E-state index in [9.17, 15) is 9.59 Å². The summed E-state index contributed by atoms with van der Waals surface area (Å²) >= 11 is 0. The number of carbonyl (C=O) groups is 2. The number of nitrogens with two attached hydrogens (primary N) is 1. The van der Waals surface area contributed by atoms with Gasteiger partial charge < -0.3 is 15.4 Å². The van der Waals surface area contributed by atoms with Crippen LogP contribution in [0.15, 0.2) is 36.5 Å². The molecule has 0 spiro atoms. The van der Waals surface area contributed by atoms with Crippen molar-refractivity contribution in [3.8, 4) is 0 Å². The predicted molar refractivity (Wildman–Crippen MR) is 91.9 cm³/mol. The fourth-order valence-electron chi connectivity index (χ4n) is 3.19. The fourth-order valence-corrected chi connectivity index (χ4v) is 3.19. The molecule has 1 fully saturated rings. The molecule has 0 unspecified atom stereocenters. The van der Waals surface area contributed by atoms with Crippen molar-refractivity contribution >= 4 is 11.8 Å². The molecule has 0 saturated carbocycles. The van der Waals surface area contributed by atoms with Crippen LogP contribution in [0.2, 0.25) is 0 Å². The summed E-state index contributed by atoms with van der Waals surface area (Å²) in [7, 11) is 1.57. The summed E-state index contributed by atoms with van der Waals surface area (Å²) in [5, 5.41) is 4.33. The number of primary amides is 1. The van der Waals surface area contributed by atoms with Crippen LogP contribution >= 0.6 is 0 Å². The SMILES string of the molecule is CO[C@H]1C[C@@H](C(N)=O)N(C(=O)c2cnn(Cc3ccccc3)c2C)C1. The van der Waals surface area contributed by atoms with E-state index in [0.29, 0.717) is 25.1 Å². The quantitative estimate of drug-likeness (QED) is 0.876. The van der Waals surface area contributed by atoms with Gasteiger partial charge in [0.2, 0.25) is 5.91 Å². The first-order valence-electron chi connectivity index (χ1n) is 8.20. The largest absolute Gasteiger partial charge is 0.380 e. The monoisotopic (exact) mass is 342 g/mol. The molecule has 2 amide bonds. The molecule has 1 aliphatic rings. The van der Waals surface area contributed by atoms with Gasteiger partial charge in [0, 0.05) is 25.8 Å². The first-order valence-corrected chi connectivity index (χ1v) is 8.20. The van der Waals surface area contributed by atoms with Gasteiger partial charge in [-0.05, 0) is 12.5 Å². The molecule has 7 nitrogen and oxygen atoms in total. The highest BCUT2D eigenvalue weighted by Gasteiger charge is 2.39. The topological polar surface area (TPSA) is 90.4 Å². The number of nitrogens with zero attached hydrogens (tertiary/aromatic N) is 3. The zero-order valence-corrected chi connectivity index (χ0v) is 14.4. The molecule has 7 heteroatoms. The maximum Gasteiger partial charge on any atom is 0.258 e. The number of carbonyl (C=O) groups excluding carboxylic acids is 2. The summed E-state index contributed by atoms with van der Waals surface area (Å²) in [5.74, 6) is -0.748. The minimum absolute atomic E-state index is 0.180. The Labute approximate surface area is 146 Å². The standard InChI is InChI=1S/C18H22N4O3/c1-12-15(9-20-22(12)10-13-6-4-3-5-7-13)18(24)21-11-14(25-2)8-16(21)17(19)23/h3-7,9,14,16H,8,10-11H2,1-2H3,(H2,19,23)/t14-,16-/m0/s1. The maximum atomic E-state index is 12.9. The molecule has 2 heterocycles. The summed E-state index contributed by atoms with van der Waals surface area (Å²) in [5.41, 5.74) is 7.80. The van der Waals surface area contributed by atoms with Crippen LogP contribution in [0.5, 0.6) is 0 Å². The van der Waals surface area contributed by atoms with Crippen LogP contribution in [0.4, 0.5) is 0 Å². The Hall–Kier alpha value is -2.67. The van der Waals surface area contributed by atoms with Crippen LogP contribution < -0.4 is 5.73 Å². The Balaban J connectivity index is 1.82. The van der Waals surface area contributed by atoms with Gasteiger partial charge in [0.05, 0.1) is 24.4 Å². The van der Waals surface area contributed by atoms with Crippen molar-refractivity contribution < 1.29 is 14.3 Å². The molecule has 2 N–H and O–H groups in total. The minimum Gasteiger partial charge on any atom is -0.380 e. The third kappa shape index (κ3) is 3.41. The van der Waals surface area contributed by atoms with Crippen LogP contribution in [0.1, 0.15) is 28.0 Å². The van der Waals surface area contributed by atoms with Gasteiger partial charge in [0.25, 0.3) is 5.91 Å². The maximum absolute atomic E-state index is 12.9. The normalized spacial score (nSPS) is 20.0. The number of hydrogen-bond acceptors (Lipinski definition) is 4. The van der Waals surface area contributed by atoms with Crippen LogP contribution in [-0.4, -0.2) is 52.3 Å². The van der Waals surface area contributed by atoms with Gasteiger partial charge in [0.15, 0.2) is 0 Å². The van der Waals surface area contributed by atoms with E-state index >= 15 is 0 Å². The molecular formula is C18H22N4O3. The molecule has 1 aromatic heterocycles. The molecule has 25 heavy (non-hydrogen) atoms. The highest BCUT2D eigenvalue weighted by Crippen LogP contribution is 2.23. The number of amides is 2. The van der Waals surface area contributed by atoms with Gasteiger partial charge in [-0.1, -0.05) is 30.3 Å². The lowest BCUT2D eigenvalue weighted by molar-refractivity contribution is -0.121. The summed E-state index contributed by atoms with van der Waals surface area (Å²) < 4.78 is 7.08. The van der Waals surface area contributed by atoms with E-state index in [4.69, 9.17) is 10.5 Å². The third-order valence-corrected chi connectivity index (χ3v) is 4.69. The summed E-state index contributed by atoms with van der Waals surface area (Å²) in [6.07, 6.45) is 1.80. The highest BCUT2D eigenvalue weighted by atomic mass is 16.5. The Morgan fingerprint density at radius 2 is 2.04 bits per heavy atom. The average Bonchev–Trinajstić information content (AvgIpc) is 3.20. The van der Waals surface area contributed by atoms with Gasteiger partial charge in [0.1, 0.15) is 6.04 Å². The molecule has 132 valence electrons. The van der Waals surface area contributed by atoms with E-state index in [0.717, 1.165) is 11.3 Å². The lowest BCUT2D eigenvalue weighted by Gasteiger charge is -2.21. The van der Waals surface area contributed by atoms with Crippen molar-refractivity contribution in [3.05, 3.63) is 53.3 Å². The summed E-state index contributed by atoms with van der Waals surface area (Å²) in [6, 6.07) is 9.26. The fraction of sp³-hybridized carbons (Fsp3) is 0.389. The second-order valence-electron chi connectivity index (χ2n) is 6.26. The second kappa shape index (κ2) is 7.06. The summed E-state index contributed by atoms with van der Waals surface area (Å²) in [6.45, 7) is 2.79. The van der Waals surface area contributed by atoms with E-state index in [1.165, 1.54) is 4.90 Å². The van der Waals surface area contributed by atoms with E-state index in [2.05, 4.69) is 5.10 Å². The molecular weight excluding hydrogens is 320 g/mol. The third-order valence-electron chi connectivity index (χ3n) is 4.69. The number of hydrogen-bond donors (Lipinski definition) is 1. The minimum atomic E-state index is -0.644. The van der Waals surface area contributed by atoms with E-state index in [1.807, 2.05) is 37.3 Å². The number of aromatic nitrogens is 2. The Bertz CT molecular complexity index is 772. The lowest BCUT2D eigenvalue weighted by atomic mass is 10.1. The Kier molecular flexibility index (Phi) is 4.85. The molecule has 0 aliphatic carbocycles. The van der Waals surface area contributed by atoms with Gasteiger partial charge in [-0.2, -0.15) is 5.10 Å². The molecule has 1 aliphatic heterocycles. The number of rotatable bonds is 5. The molecule has 3 rings (SSSR count). The van der Waals surface area contributed by atoms with Gasteiger partial charge >= 0.3 is 0 Å². The van der Waals surface area contributed by atoms with E-state index < -0.39 is 11.9 Å². The molecule has 2 aromatic rings. The number of likely N-dealkylation sites (tertiary alicyclic amines) is 1. The first kappa shape index (κ1) is 17.2. The Morgan fingerprint density at radius 1 is 1.32 bits per heavy atom. The van der Waals surface area contributed by atoms with Gasteiger partial charge in [-0.3, -0.25) is 14.3 Å². The Morgan fingerprint density at radius 3 is 2.68 bits per heavy atom. The number of ether oxygens (including phenoxy) is 1. The van der Waals surface area contributed by atoms with Gasteiger partial charge in [-0.15, -0.1) is 0 Å². The van der Waals surface area contributed by atoms with Crippen LogP contribution in [0.3, 0.4) is 0 Å². The van der Waals surface area contributed by atoms with Gasteiger partial charge in [-0.25, -0.2) is 0 Å². The first-order chi connectivity index (χ1) is 12.0. The molecule has 0 radical (unpaired) electrons. The molecule has 1 saturated heterocycles. The van der Waals surface area contributed by atoms with Crippen molar-refractivity contribution in [2.75, 3.05) is 13.7 Å². The predicted octanol–water partition coefficient (Wildman–Crippen LogP) is 0.955. The van der Waals surface area contributed by atoms with Crippen molar-refractivity contribution in [2.45, 2.75) is 32.0 Å². The van der Waals surface area contributed by atoms with Crippen LogP contribution in [-0.2, 0) is 16.1 Å². The number of benzene rings is 1. The molecule has 0 bridgehead atoms.